The summed E-state index contributed by atoms with van der Waals surface area (Å²) in [6.45, 7) is 0. The van der Waals surface area contributed by atoms with Crippen molar-refractivity contribution in [3.63, 3.8) is 0 Å². The van der Waals surface area contributed by atoms with Crippen molar-refractivity contribution in [2.45, 2.75) is 0 Å². The molecule has 13 aromatic rings. The van der Waals surface area contributed by atoms with Crippen molar-refractivity contribution in [2.75, 3.05) is 0 Å². The number of para-hydroxylation sites is 4. The number of furan rings is 1. The Morgan fingerprint density at radius 3 is 1.48 bits per heavy atom. The minimum atomic E-state index is 0.596. The van der Waals surface area contributed by atoms with Crippen LogP contribution in [-0.4, -0.2) is 24.1 Å². The zero-order valence-electron chi connectivity index (χ0n) is 32.7. The van der Waals surface area contributed by atoms with Crippen molar-refractivity contribution in [2.24, 2.45) is 0 Å². The average molecular weight is 780 g/mol. The summed E-state index contributed by atoms with van der Waals surface area (Å²) in [5, 5.41) is 8.88. The van der Waals surface area contributed by atoms with Gasteiger partial charge in [-0.2, -0.15) is 0 Å². The summed E-state index contributed by atoms with van der Waals surface area (Å²) in [6.07, 6.45) is 0. The van der Waals surface area contributed by atoms with Crippen LogP contribution in [0.5, 0.6) is 0 Å². The van der Waals surface area contributed by atoms with Crippen LogP contribution in [0, 0.1) is 0 Å². The Kier molecular flexibility index (Phi) is 7.21. The van der Waals surface area contributed by atoms with Gasteiger partial charge in [0.05, 0.1) is 22.1 Å². The van der Waals surface area contributed by atoms with E-state index in [9.17, 15) is 0 Å². The molecular weight excluding hydrogens is 747 g/mol. The Balaban J connectivity index is 1.13. The maximum atomic E-state index is 6.68. The molecular formula is C55H33N5O. The predicted molar refractivity (Wildman–Crippen MR) is 250 cm³/mol. The maximum Gasteiger partial charge on any atom is 0.164 e. The first-order valence-electron chi connectivity index (χ1n) is 20.5. The van der Waals surface area contributed by atoms with Gasteiger partial charge in [-0.15, -0.1) is 0 Å². The summed E-state index contributed by atoms with van der Waals surface area (Å²) in [5.74, 6) is 1.83. The zero-order chi connectivity index (χ0) is 40.0. The Morgan fingerprint density at radius 1 is 0.311 bits per heavy atom. The zero-order valence-corrected chi connectivity index (χ0v) is 32.7. The Labute approximate surface area is 349 Å². The first-order valence-corrected chi connectivity index (χ1v) is 20.5. The monoisotopic (exact) mass is 779 g/mol. The smallest absolute Gasteiger partial charge is 0.164 e. The van der Waals surface area contributed by atoms with Crippen LogP contribution in [0.2, 0.25) is 0 Å². The molecule has 0 amide bonds. The number of aromatic nitrogens is 5. The summed E-state index contributed by atoms with van der Waals surface area (Å²) in [7, 11) is 0. The molecule has 0 saturated heterocycles. The Hall–Kier alpha value is -8.35. The summed E-state index contributed by atoms with van der Waals surface area (Å²) in [4.78, 5) is 15.5. The first-order chi connectivity index (χ1) is 30.2. The average Bonchev–Trinajstić information content (AvgIpc) is 3.98. The van der Waals surface area contributed by atoms with Crippen molar-refractivity contribution in [1.29, 1.82) is 0 Å². The molecule has 0 spiro atoms. The first kappa shape index (κ1) is 33.6. The molecule has 0 N–H and O–H groups in total. The van der Waals surface area contributed by atoms with E-state index in [0.717, 1.165) is 77.3 Å². The second-order valence-electron chi connectivity index (χ2n) is 15.6. The standard InChI is InChI=1S/C55H33N5O/c1-4-16-34(17-5-1)53-56-54(35-18-6-2-7-19-35)58-55(57-53)46-32-45-40-24-12-15-27-51(40)61-52(45)41-29-28-37(30-42(41)46)60-48-26-14-11-23-39(48)44-31-43-38-22-10-13-25-47(38)59(49(43)33-50(44)60)36-20-8-3-9-21-36/h1-33H. The molecule has 0 aliphatic carbocycles. The van der Waals surface area contributed by atoms with Crippen LogP contribution in [0.25, 0.3) is 122 Å². The van der Waals surface area contributed by atoms with Gasteiger partial charge in [-0.3, -0.25) is 0 Å². The van der Waals surface area contributed by atoms with E-state index < -0.39 is 0 Å². The maximum absolute atomic E-state index is 6.68. The van der Waals surface area contributed by atoms with Gasteiger partial charge in [0.1, 0.15) is 11.2 Å². The molecule has 13 rings (SSSR count). The highest BCUT2D eigenvalue weighted by Gasteiger charge is 2.22. The number of fused-ring (bicyclic) bond motifs is 11. The van der Waals surface area contributed by atoms with Crippen molar-refractivity contribution in [3.05, 3.63) is 200 Å². The Morgan fingerprint density at radius 2 is 0.836 bits per heavy atom. The van der Waals surface area contributed by atoms with Crippen LogP contribution in [0.4, 0.5) is 0 Å². The quantitative estimate of drug-likeness (QED) is 0.175. The molecule has 0 unspecified atom stereocenters. The van der Waals surface area contributed by atoms with Crippen LogP contribution in [0.15, 0.2) is 205 Å². The number of hydrogen-bond acceptors (Lipinski definition) is 4. The molecule has 9 aromatic carbocycles. The molecule has 6 heteroatoms. The minimum Gasteiger partial charge on any atom is -0.455 e. The molecule has 0 saturated carbocycles. The molecule has 0 aliphatic heterocycles. The third-order valence-corrected chi connectivity index (χ3v) is 12.1. The lowest BCUT2D eigenvalue weighted by Crippen LogP contribution is -2.01. The van der Waals surface area contributed by atoms with Crippen molar-refractivity contribution in [3.8, 4) is 45.5 Å². The van der Waals surface area contributed by atoms with E-state index in [-0.39, 0.29) is 0 Å². The fraction of sp³-hybridized carbons (Fsp3) is 0. The molecule has 0 aliphatic rings. The van der Waals surface area contributed by atoms with E-state index in [1.807, 2.05) is 72.8 Å². The highest BCUT2D eigenvalue weighted by atomic mass is 16.3. The van der Waals surface area contributed by atoms with Gasteiger partial charge in [-0.1, -0.05) is 133 Å². The molecule has 0 bridgehead atoms. The van der Waals surface area contributed by atoms with Crippen LogP contribution in [0.3, 0.4) is 0 Å². The van der Waals surface area contributed by atoms with Crippen molar-refractivity contribution < 1.29 is 4.42 Å². The summed E-state index contributed by atoms with van der Waals surface area (Å²) < 4.78 is 11.5. The van der Waals surface area contributed by atoms with Crippen LogP contribution >= 0.6 is 0 Å². The van der Waals surface area contributed by atoms with Crippen LogP contribution in [-0.2, 0) is 0 Å². The lowest BCUT2D eigenvalue weighted by atomic mass is 9.98. The van der Waals surface area contributed by atoms with Gasteiger partial charge < -0.3 is 13.6 Å². The highest BCUT2D eigenvalue weighted by Crippen LogP contribution is 2.43. The van der Waals surface area contributed by atoms with E-state index in [1.165, 1.54) is 27.1 Å². The molecule has 4 aromatic heterocycles. The number of benzene rings is 9. The number of hydrogen-bond donors (Lipinski definition) is 0. The van der Waals surface area contributed by atoms with E-state index in [0.29, 0.717) is 17.5 Å². The molecule has 4 heterocycles. The number of nitrogens with zero attached hydrogens (tertiary/aromatic N) is 5. The lowest BCUT2D eigenvalue weighted by Gasteiger charge is -2.14. The predicted octanol–water partition coefficient (Wildman–Crippen LogP) is 14.1. The molecule has 61 heavy (non-hydrogen) atoms. The van der Waals surface area contributed by atoms with E-state index in [1.54, 1.807) is 0 Å². The lowest BCUT2D eigenvalue weighted by molar-refractivity contribution is 0.672. The van der Waals surface area contributed by atoms with Gasteiger partial charge in [-0.05, 0) is 72.1 Å². The largest absolute Gasteiger partial charge is 0.455 e. The highest BCUT2D eigenvalue weighted by molar-refractivity contribution is 6.21. The molecule has 0 radical (unpaired) electrons. The molecule has 284 valence electrons. The van der Waals surface area contributed by atoms with E-state index in [4.69, 9.17) is 19.4 Å². The van der Waals surface area contributed by atoms with Crippen molar-refractivity contribution in [1.82, 2.24) is 24.1 Å². The summed E-state index contributed by atoms with van der Waals surface area (Å²) in [6, 6.07) is 70.3. The van der Waals surface area contributed by atoms with Gasteiger partial charge in [0, 0.05) is 65.8 Å². The van der Waals surface area contributed by atoms with Crippen molar-refractivity contribution >= 4 is 76.3 Å². The Bertz CT molecular complexity index is 3810. The normalized spacial score (nSPS) is 11.9. The van der Waals surface area contributed by atoms with Gasteiger partial charge in [0.15, 0.2) is 17.5 Å². The fourth-order valence-electron chi connectivity index (χ4n) is 9.40. The molecule has 0 fully saturated rings. The number of rotatable bonds is 5. The third-order valence-electron chi connectivity index (χ3n) is 12.1. The van der Waals surface area contributed by atoms with Gasteiger partial charge in [0.2, 0.25) is 0 Å². The second kappa shape index (κ2) is 13.1. The molecule has 0 atom stereocenters. The third kappa shape index (κ3) is 5.12. The van der Waals surface area contributed by atoms with E-state index >= 15 is 0 Å². The second-order valence-corrected chi connectivity index (χ2v) is 15.6. The topological polar surface area (TPSA) is 61.7 Å². The summed E-state index contributed by atoms with van der Waals surface area (Å²) >= 11 is 0. The van der Waals surface area contributed by atoms with E-state index in [2.05, 4.69) is 137 Å². The van der Waals surface area contributed by atoms with Gasteiger partial charge in [0.25, 0.3) is 0 Å². The van der Waals surface area contributed by atoms with Crippen LogP contribution < -0.4 is 0 Å². The minimum absolute atomic E-state index is 0.596. The van der Waals surface area contributed by atoms with Crippen LogP contribution in [0.1, 0.15) is 0 Å². The summed E-state index contributed by atoms with van der Waals surface area (Å²) in [5.41, 5.74) is 11.2. The fourth-order valence-corrected chi connectivity index (χ4v) is 9.40. The van der Waals surface area contributed by atoms with Gasteiger partial charge in [-0.25, -0.2) is 15.0 Å². The molecule has 6 nitrogen and oxygen atoms in total. The SMILES string of the molecule is c1ccc(-c2nc(-c3ccccc3)nc(-c3cc4c5ccccc5oc4c4ccc(-n5c6ccccc6c6cc7c8ccccc8n(-c8ccccc8)c7cc65)cc34)n2)cc1. The van der Waals surface area contributed by atoms with Gasteiger partial charge >= 0.3 is 0 Å².